The Kier molecular flexibility index (Phi) is 6.13. The molecule has 0 saturated heterocycles. The minimum Gasteiger partial charge on any atom is -0.271 e. The third-order valence-corrected chi connectivity index (χ3v) is 4.83. The second-order valence-corrected chi connectivity index (χ2v) is 7.72. The van der Waals surface area contributed by atoms with Gasteiger partial charge in [-0.3, -0.25) is 11.3 Å². The van der Waals surface area contributed by atoms with E-state index < -0.39 is 0 Å². The normalized spacial score (nSPS) is 27.5. The summed E-state index contributed by atoms with van der Waals surface area (Å²) in [5, 5.41) is 0. The SMILES string of the molecule is CC(C)CCC(NN)C1CCC(C(C)(C)C)CC1. The van der Waals surface area contributed by atoms with Crippen LogP contribution in [-0.2, 0) is 0 Å². The van der Waals surface area contributed by atoms with Crippen molar-refractivity contribution < 1.29 is 0 Å². The van der Waals surface area contributed by atoms with Crippen LogP contribution in [0, 0.1) is 23.2 Å². The van der Waals surface area contributed by atoms with Crippen molar-refractivity contribution in [3.8, 4) is 0 Å². The zero-order valence-corrected chi connectivity index (χ0v) is 13.1. The maximum Gasteiger partial charge on any atom is 0.0238 e. The Labute approximate surface area is 114 Å². The number of nitrogens with two attached hydrogens (primary N) is 1. The van der Waals surface area contributed by atoms with Crippen LogP contribution in [0.15, 0.2) is 0 Å². The quantitative estimate of drug-likeness (QED) is 0.572. The van der Waals surface area contributed by atoms with Crippen LogP contribution in [0.1, 0.15) is 73.1 Å². The van der Waals surface area contributed by atoms with Gasteiger partial charge in [0.2, 0.25) is 0 Å². The summed E-state index contributed by atoms with van der Waals surface area (Å²) in [6.07, 6.45) is 8.00. The van der Waals surface area contributed by atoms with E-state index in [4.69, 9.17) is 5.84 Å². The summed E-state index contributed by atoms with van der Waals surface area (Å²) in [4.78, 5) is 0. The fourth-order valence-corrected chi connectivity index (χ4v) is 3.36. The third-order valence-electron chi connectivity index (χ3n) is 4.83. The van der Waals surface area contributed by atoms with E-state index in [-0.39, 0.29) is 0 Å². The highest BCUT2D eigenvalue weighted by Crippen LogP contribution is 2.41. The first-order valence-corrected chi connectivity index (χ1v) is 7.80. The predicted molar refractivity (Wildman–Crippen MR) is 80.1 cm³/mol. The van der Waals surface area contributed by atoms with E-state index in [2.05, 4.69) is 40.0 Å². The number of hydrogen-bond donors (Lipinski definition) is 2. The molecule has 1 saturated carbocycles. The van der Waals surface area contributed by atoms with Crippen LogP contribution in [0.4, 0.5) is 0 Å². The minimum atomic E-state index is 0.481. The molecule has 108 valence electrons. The van der Waals surface area contributed by atoms with Gasteiger partial charge in [-0.05, 0) is 61.7 Å². The van der Waals surface area contributed by atoms with E-state index in [1.165, 1.54) is 38.5 Å². The number of hydrazine groups is 1. The summed E-state index contributed by atoms with van der Waals surface area (Å²) in [6.45, 7) is 11.7. The summed E-state index contributed by atoms with van der Waals surface area (Å²) in [5.41, 5.74) is 3.56. The fourth-order valence-electron chi connectivity index (χ4n) is 3.36. The molecule has 1 atom stereocenters. The van der Waals surface area contributed by atoms with E-state index in [0.717, 1.165) is 17.8 Å². The highest BCUT2D eigenvalue weighted by molar-refractivity contribution is 4.85. The minimum absolute atomic E-state index is 0.481. The van der Waals surface area contributed by atoms with Crippen LogP contribution < -0.4 is 11.3 Å². The van der Waals surface area contributed by atoms with Crippen molar-refractivity contribution in [3.05, 3.63) is 0 Å². The van der Waals surface area contributed by atoms with Crippen LogP contribution in [0.2, 0.25) is 0 Å². The maximum atomic E-state index is 5.76. The molecular formula is C16H34N2. The Balaban J connectivity index is 2.40. The smallest absolute Gasteiger partial charge is 0.0238 e. The molecule has 1 aliphatic carbocycles. The molecular weight excluding hydrogens is 220 g/mol. The van der Waals surface area contributed by atoms with Crippen molar-refractivity contribution in [2.75, 3.05) is 0 Å². The molecule has 0 aromatic carbocycles. The van der Waals surface area contributed by atoms with Crippen LogP contribution in [0.3, 0.4) is 0 Å². The Morgan fingerprint density at radius 2 is 1.61 bits per heavy atom. The highest BCUT2D eigenvalue weighted by Gasteiger charge is 2.32. The molecule has 1 aliphatic rings. The van der Waals surface area contributed by atoms with Gasteiger partial charge in [-0.1, -0.05) is 34.6 Å². The van der Waals surface area contributed by atoms with Gasteiger partial charge in [0.05, 0.1) is 0 Å². The molecule has 0 aromatic rings. The fraction of sp³-hybridized carbons (Fsp3) is 1.00. The zero-order chi connectivity index (χ0) is 13.8. The Hall–Kier alpha value is -0.0800. The van der Waals surface area contributed by atoms with Gasteiger partial charge in [0.1, 0.15) is 0 Å². The molecule has 2 nitrogen and oxygen atoms in total. The molecule has 2 heteroatoms. The van der Waals surface area contributed by atoms with Crippen LogP contribution >= 0.6 is 0 Å². The van der Waals surface area contributed by atoms with Gasteiger partial charge in [0.25, 0.3) is 0 Å². The summed E-state index contributed by atoms with van der Waals surface area (Å²) in [7, 11) is 0. The molecule has 18 heavy (non-hydrogen) atoms. The molecule has 1 fully saturated rings. The molecule has 0 aliphatic heterocycles. The predicted octanol–water partition coefficient (Wildman–Crippen LogP) is 4.11. The number of rotatable bonds is 5. The number of hydrogen-bond acceptors (Lipinski definition) is 2. The third kappa shape index (κ3) is 4.89. The van der Waals surface area contributed by atoms with Gasteiger partial charge in [0, 0.05) is 6.04 Å². The summed E-state index contributed by atoms with van der Waals surface area (Å²) in [6, 6.07) is 0.535. The van der Waals surface area contributed by atoms with Crippen molar-refractivity contribution >= 4 is 0 Å². The van der Waals surface area contributed by atoms with Gasteiger partial charge in [0.15, 0.2) is 0 Å². The maximum absolute atomic E-state index is 5.76. The molecule has 0 radical (unpaired) electrons. The lowest BCUT2D eigenvalue weighted by molar-refractivity contribution is 0.129. The van der Waals surface area contributed by atoms with Gasteiger partial charge in [-0.25, -0.2) is 0 Å². The van der Waals surface area contributed by atoms with Crippen molar-refractivity contribution in [1.29, 1.82) is 0 Å². The lowest BCUT2D eigenvalue weighted by Gasteiger charge is -2.39. The van der Waals surface area contributed by atoms with Crippen molar-refractivity contribution in [2.24, 2.45) is 29.0 Å². The average molecular weight is 254 g/mol. The van der Waals surface area contributed by atoms with Crippen molar-refractivity contribution in [2.45, 2.75) is 79.2 Å². The van der Waals surface area contributed by atoms with E-state index >= 15 is 0 Å². The Morgan fingerprint density at radius 1 is 1.06 bits per heavy atom. The molecule has 0 heterocycles. The van der Waals surface area contributed by atoms with Gasteiger partial charge < -0.3 is 0 Å². The average Bonchev–Trinajstić information content (AvgIpc) is 2.29. The van der Waals surface area contributed by atoms with Crippen LogP contribution in [-0.4, -0.2) is 6.04 Å². The van der Waals surface area contributed by atoms with Gasteiger partial charge in [-0.15, -0.1) is 0 Å². The largest absolute Gasteiger partial charge is 0.271 e. The second kappa shape index (κ2) is 6.91. The van der Waals surface area contributed by atoms with E-state index in [1.807, 2.05) is 0 Å². The summed E-state index contributed by atoms with van der Waals surface area (Å²) in [5.74, 6) is 8.24. The van der Waals surface area contributed by atoms with E-state index in [9.17, 15) is 0 Å². The topological polar surface area (TPSA) is 38.0 Å². The molecule has 1 unspecified atom stereocenters. The molecule has 0 amide bonds. The Bertz CT molecular complexity index is 222. The summed E-state index contributed by atoms with van der Waals surface area (Å²) < 4.78 is 0. The first kappa shape index (κ1) is 16.0. The molecule has 0 spiro atoms. The molecule has 0 aromatic heterocycles. The lowest BCUT2D eigenvalue weighted by atomic mass is 9.68. The second-order valence-electron chi connectivity index (χ2n) is 7.72. The molecule has 0 bridgehead atoms. The highest BCUT2D eigenvalue weighted by atomic mass is 15.2. The van der Waals surface area contributed by atoms with E-state index in [0.29, 0.717) is 11.5 Å². The monoisotopic (exact) mass is 254 g/mol. The summed E-state index contributed by atoms with van der Waals surface area (Å²) >= 11 is 0. The van der Waals surface area contributed by atoms with Gasteiger partial charge >= 0.3 is 0 Å². The number of nitrogens with one attached hydrogen (secondary N) is 1. The van der Waals surface area contributed by atoms with E-state index in [1.54, 1.807) is 0 Å². The van der Waals surface area contributed by atoms with Crippen LogP contribution in [0.5, 0.6) is 0 Å². The van der Waals surface area contributed by atoms with Crippen molar-refractivity contribution in [1.82, 2.24) is 5.43 Å². The Morgan fingerprint density at radius 3 is 2.00 bits per heavy atom. The van der Waals surface area contributed by atoms with Gasteiger partial charge in [-0.2, -0.15) is 0 Å². The van der Waals surface area contributed by atoms with Crippen molar-refractivity contribution in [3.63, 3.8) is 0 Å². The first-order valence-electron chi connectivity index (χ1n) is 7.80. The van der Waals surface area contributed by atoms with Crippen LogP contribution in [0.25, 0.3) is 0 Å². The first-order chi connectivity index (χ1) is 8.34. The standard InChI is InChI=1S/C16H34N2/c1-12(2)6-11-15(18-17)13-7-9-14(10-8-13)16(3,4)5/h12-15,18H,6-11,17H2,1-5H3. The lowest BCUT2D eigenvalue weighted by Crippen LogP contribution is -2.43. The zero-order valence-electron chi connectivity index (χ0n) is 13.1. The molecule has 3 N–H and O–H groups in total. The molecule has 1 rings (SSSR count).